The van der Waals surface area contributed by atoms with Crippen LogP contribution in [0.1, 0.15) is 19.4 Å². The Morgan fingerprint density at radius 3 is 2.17 bits per heavy atom. The van der Waals surface area contributed by atoms with Crippen molar-refractivity contribution in [3.05, 3.63) is 29.8 Å². The van der Waals surface area contributed by atoms with E-state index in [0.29, 0.717) is 11.6 Å². The van der Waals surface area contributed by atoms with Crippen LogP contribution in [0.5, 0.6) is 5.75 Å². The quantitative estimate of drug-likeness (QED) is 0.701. The third-order valence-corrected chi connectivity index (χ3v) is 2.65. The van der Waals surface area contributed by atoms with Crippen molar-refractivity contribution in [1.29, 1.82) is 0 Å². The summed E-state index contributed by atoms with van der Waals surface area (Å²) in [5.41, 5.74) is 1.13. The molecule has 1 nitrogen and oxygen atoms in total. The molecule has 0 spiro atoms. The van der Waals surface area contributed by atoms with Crippen LogP contribution in [0, 0.1) is 0 Å². The molecular weight excluding hydrogens is 172 g/mol. The Bertz CT molecular complexity index is 251. The fraction of sp³-hybridized carbons (Fsp3) is 0.400. The lowest BCUT2D eigenvalue weighted by atomic mass is 9.87. The minimum Gasteiger partial charge on any atom is -0.508 e. The molecule has 12 heavy (non-hydrogen) atoms. The first-order valence-electron chi connectivity index (χ1n) is 3.92. The minimum atomic E-state index is -0.0186. The van der Waals surface area contributed by atoms with E-state index >= 15 is 0 Å². The zero-order chi connectivity index (χ0) is 9.19. The molecule has 1 aromatic rings. The number of alkyl halides is 1. The van der Waals surface area contributed by atoms with Gasteiger partial charge in [-0.3, -0.25) is 0 Å². The van der Waals surface area contributed by atoms with E-state index in [2.05, 4.69) is 13.8 Å². The van der Waals surface area contributed by atoms with Crippen LogP contribution in [0.4, 0.5) is 0 Å². The largest absolute Gasteiger partial charge is 0.508 e. The summed E-state index contributed by atoms with van der Waals surface area (Å²) in [4.78, 5) is 0. The molecule has 1 aromatic carbocycles. The maximum absolute atomic E-state index is 9.06. The van der Waals surface area contributed by atoms with E-state index in [1.807, 2.05) is 12.1 Å². The van der Waals surface area contributed by atoms with E-state index in [9.17, 15) is 0 Å². The van der Waals surface area contributed by atoms with Gasteiger partial charge in [-0.05, 0) is 17.7 Å². The molecule has 0 unspecified atom stereocenters. The Labute approximate surface area is 78.0 Å². The maximum Gasteiger partial charge on any atom is 0.115 e. The summed E-state index contributed by atoms with van der Waals surface area (Å²) in [6.45, 7) is 4.15. The molecule has 0 aliphatic carbocycles. The summed E-state index contributed by atoms with van der Waals surface area (Å²) in [6, 6.07) is 7.17. The van der Waals surface area contributed by atoms with Crippen LogP contribution in [-0.2, 0) is 5.41 Å². The molecule has 0 aliphatic rings. The summed E-state index contributed by atoms with van der Waals surface area (Å²) < 4.78 is 0. The van der Waals surface area contributed by atoms with E-state index in [0.717, 1.165) is 5.56 Å². The number of benzene rings is 1. The zero-order valence-electron chi connectivity index (χ0n) is 7.34. The van der Waals surface area contributed by atoms with Gasteiger partial charge in [-0.1, -0.05) is 26.0 Å². The van der Waals surface area contributed by atoms with Crippen molar-refractivity contribution in [2.75, 3.05) is 5.88 Å². The first kappa shape index (κ1) is 9.40. The number of aromatic hydroxyl groups is 1. The summed E-state index contributed by atoms with van der Waals surface area (Å²) in [6.07, 6.45) is 0. The lowest BCUT2D eigenvalue weighted by Crippen LogP contribution is -2.18. The van der Waals surface area contributed by atoms with Crippen LogP contribution in [0.2, 0.25) is 0 Å². The molecule has 0 saturated carbocycles. The van der Waals surface area contributed by atoms with Crippen LogP contribution >= 0.6 is 11.6 Å². The van der Waals surface area contributed by atoms with E-state index in [1.165, 1.54) is 0 Å². The van der Waals surface area contributed by atoms with Gasteiger partial charge in [0.2, 0.25) is 0 Å². The SMILES string of the molecule is CC(C)(CCl)c1ccc(O)cc1. The highest BCUT2D eigenvalue weighted by atomic mass is 35.5. The third kappa shape index (κ3) is 1.92. The molecule has 2 heteroatoms. The molecule has 0 fully saturated rings. The second-order valence-corrected chi connectivity index (χ2v) is 3.83. The highest BCUT2D eigenvalue weighted by Gasteiger charge is 2.18. The van der Waals surface area contributed by atoms with Crippen molar-refractivity contribution in [2.24, 2.45) is 0 Å². The average molecular weight is 185 g/mol. The van der Waals surface area contributed by atoms with Crippen LogP contribution in [0.15, 0.2) is 24.3 Å². The second-order valence-electron chi connectivity index (χ2n) is 3.56. The van der Waals surface area contributed by atoms with Gasteiger partial charge in [0, 0.05) is 11.3 Å². The van der Waals surface area contributed by atoms with Gasteiger partial charge < -0.3 is 5.11 Å². The van der Waals surface area contributed by atoms with Crippen molar-refractivity contribution < 1.29 is 5.11 Å². The average Bonchev–Trinajstić information content (AvgIpc) is 2.05. The minimum absolute atomic E-state index is 0.0186. The number of hydrogen-bond acceptors (Lipinski definition) is 1. The fourth-order valence-electron chi connectivity index (χ4n) is 0.990. The highest BCUT2D eigenvalue weighted by Crippen LogP contribution is 2.25. The number of halogens is 1. The van der Waals surface area contributed by atoms with Crippen LogP contribution < -0.4 is 0 Å². The van der Waals surface area contributed by atoms with Gasteiger partial charge in [-0.15, -0.1) is 11.6 Å². The summed E-state index contributed by atoms with van der Waals surface area (Å²) >= 11 is 5.81. The van der Waals surface area contributed by atoms with Crippen LogP contribution in [0.25, 0.3) is 0 Å². The van der Waals surface area contributed by atoms with Gasteiger partial charge in [0.15, 0.2) is 0 Å². The number of phenolic OH excluding ortho intramolecular Hbond substituents is 1. The van der Waals surface area contributed by atoms with Gasteiger partial charge in [0.25, 0.3) is 0 Å². The smallest absolute Gasteiger partial charge is 0.115 e. The molecule has 0 heterocycles. The fourth-order valence-corrected chi connectivity index (χ4v) is 1.14. The highest BCUT2D eigenvalue weighted by molar-refractivity contribution is 6.18. The first-order chi connectivity index (χ1) is 5.56. The van der Waals surface area contributed by atoms with Gasteiger partial charge in [-0.2, -0.15) is 0 Å². The number of rotatable bonds is 2. The maximum atomic E-state index is 9.06. The van der Waals surface area contributed by atoms with E-state index in [1.54, 1.807) is 12.1 Å². The molecule has 0 bridgehead atoms. The molecule has 0 aliphatic heterocycles. The topological polar surface area (TPSA) is 20.2 Å². The van der Waals surface area contributed by atoms with Crippen LogP contribution in [0.3, 0.4) is 0 Å². The summed E-state index contributed by atoms with van der Waals surface area (Å²) in [5.74, 6) is 0.877. The first-order valence-corrected chi connectivity index (χ1v) is 4.45. The van der Waals surface area contributed by atoms with Gasteiger partial charge in [-0.25, -0.2) is 0 Å². The molecule has 0 radical (unpaired) electrons. The lowest BCUT2D eigenvalue weighted by molar-refractivity contribution is 0.474. The predicted molar refractivity (Wildman–Crippen MR) is 51.9 cm³/mol. The molecule has 1 rings (SSSR count). The van der Waals surface area contributed by atoms with Crippen molar-refractivity contribution in [3.63, 3.8) is 0 Å². The molecule has 66 valence electrons. The van der Waals surface area contributed by atoms with E-state index in [-0.39, 0.29) is 5.41 Å². The predicted octanol–water partition coefficient (Wildman–Crippen LogP) is 2.91. The summed E-state index contributed by atoms with van der Waals surface area (Å²) in [7, 11) is 0. The molecule has 1 N–H and O–H groups in total. The zero-order valence-corrected chi connectivity index (χ0v) is 8.10. The third-order valence-electron chi connectivity index (χ3n) is 1.98. The van der Waals surface area contributed by atoms with Gasteiger partial charge in [0.05, 0.1) is 0 Å². The van der Waals surface area contributed by atoms with E-state index < -0.39 is 0 Å². The number of hydrogen-bond donors (Lipinski definition) is 1. The summed E-state index contributed by atoms with van der Waals surface area (Å²) in [5, 5.41) is 9.06. The normalized spacial score (nSPS) is 11.6. The Balaban J connectivity index is 2.96. The van der Waals surface area contributed by atoms with Crippen molar-refractivity contribution in [3.8, 4) is 5.75 Å². The van der Waals surface area contributed by atoms with Gasteiger partial charge in [0.1, 0.15) is 5.75 Å². The van der Waals surface area contributed by atoms with Gasteiger partial charge >= 0.3 is 0 Å². The molecule has 0 saturated heterocycles. The van der Waals surface area contributed by atoms with E-state index in [4.69, 9.17) is 16.7 Å². The van der Waals surface area contributed by atoms with Crippen molar-refractivity contribution >= 4 is 11.6 Å². The lowest BCUT2D eigenvalue weighted by Gasteiger charge is -2.21. The van der Waals surface area contributed by atoms with Crippen molar-refractivity contribution in [1.82, 2.24) is 0 Å². The monoisotopic (exact) mass is 184 g/mol. The van der Waals surface area contributed by atoms with Crippen molar-refractivity contribution in [2.45, 2.75) is 19.3 Å². The Morgan fingerprint density at radius 1 is 1.25 bits per heavy atom. The standard InChI is InChI=1S/C10H13ClO/c1-10(2,7-11)8-3-5-9(12)6-4-8/h3-6,12H,7H2,1-2H3. The van der Waals surface area contributed by atoms with Crippen LogP contribution in [-0.4, -0.2) is 11.0 Å². The Hall–Kier alpha value is -0.690. The molecule has 0 amide bonds. The number of phenols is 1. The molecule has 0 aromatic heterocycles. The molecular formula is C10H13ClO. The Kier molecular flexibility index (Phi) is 2.63. The second kappa shape index (κ2) is 3.36. The Morgan fingerprint density at radius 2 is 1.75 bits per heavy atom. The molecule has 0 atom stereocenters.